The van der Waals surface area contributed by atoms with E-state index in [-0.39, 0.29) is 6.61 Å². The predicted octanol–water partition coefficient (Wildman–Crippen LogP) is 0.290. The summed E-state index contributed by atoms with van der Waals surface area (Å²) in [5.74, 6) is -1.14. The number of hydrogen-bond donors (Lipinski definition) is 1. The summed E-state index contributed by atoms with van der Waals surface area (Å²) < 4.78 is 19.0. The van der Waals surface area contributed by atoms with E-state index in [0.717, 1.165) is 4.57 Å². The number of H-pyrrole nitrogens is 1. The first kappa shape index (κ1) is 10.4. The lowest BCUT2D eigenvalue weighted by Crippen LogP contribution is -2.40. The topological polar surface area (TPSA) is 64.1 Å². The van der Waals surface area contributed by atoms with E-state index in [0.29, 0.717) is 13.0 Å². The highest BCUT2D eigenvalue weighted by molar-refractivity contribution is 6.29. The van der Waals surface area contributed by atoms with Gasteiger partial charge in [-0.15, -0.1) is 0 Å². The maximum atomic E-state index is 13.1. The lowest BCUT2D eigenvalue weighted by Gasteiger charge is -2.10. The Hall–Kier alpha value is -1.14. The van der Waals surface area contributed by atoms with Crippen molar-refractivity contribution in [3.05, 3.63) is 31.8 Å². The Morgan fingerprint density at radius 3 is 2.87 bits per heavy atom. The number of nitrogens with one attached hydrogen (secondary N) is 1. The number of rotatable bonds is 1. The molecule has 1 saturated heterocycles. The van der Waals surface area contributed by atoms with Crippen LogP contribution in [0.2, 0.25) is 5.15 Å². The lowest BCUT2D eigenvalue weighted by molar-refractivity contribution is 0.185. The average molecular weight is 235 g/mol. The molecule has 5 nitrogen and oxygen atoms in total. The zero-order chi connectivity index (χ0) is 11.0. The second-order valence-electron chi connectivity index (χ2n) is 3.25. The van der Waals surface area contributed by atoms with Gasteiger partial charge in [-0.05, 0) is 6.42 Å². The monoisotopic (exact) mass is 234 g/mol. The second kappa shape index (κ2) is 3.79. The molecule has 1 atom stereocenters. The normalized spacial score (nSPS) is 20.8. The van der Waals surface area contributed by atoms with Crippen LogP contribution in [-0.2, 0) is 4.74 Å². The van der Waals surface area contributed by atoms with Gasteiger partial charge >= 0.3 is 5.69 Å². The van der Waals surface area contributed by atoms with E-state index >= 15 is 0 Å². The smallest absolute Gasteiger partial charge is 0.329 e. The first-order valence-electron chi connectivity index (χ1n) is 4.39. The molecule has 15 heavy (non-hydrogen) atoms. The Balaban J connectivity index is 2.60. The predicted molar refractivity (Wildman–Crippen MR) is 50.8 cm³/mol. The molecule has 1 fully saturated rings. The van der Waals surface area contributed by atoms with Gasteiger partial charge in [0.25, 0.3) is 5.56 Å². The molecule has 1 aromatic rings. The molecule has 1 aliphatic rings. The van der Waals surface area contributed by atoms with Crippen LogP contribution in [0.5, 0.6) is 0 Å². The Morgan fingerprint density at radius 1 is 1.53 bits per heavy atom. The summed E-state index contributed by atoms with van der Waals surface area (Å²) >= 11 is 5.32. The Bertz CT molecular complexity index is 490. The molecule has 82 valence electrons. The van der Waals surface area contributed by atoms with Gasteiger partial charge in [0.1, 0.15) is 0 Å². The maximum Gasteiger partial charge on any atom is 0.329 e. The second-order valence-corrected chi connectivity index (χ2v) is 3.63. The van der Waals surface area contributed by atoms with Gasteiger partial charge in [-0.2, -0.15) is 4.39 Å². The molecule has 1 aliphatic heterocycles. The molecular weight excluding hydrogens is 227 g/mol. The summed E-state index contributed by atoms with van der Waals surface area (Å²) in [5.41, 5.74) is -1.71. The quantitative estimate of drug-likeness (QED) is 0.711. The van der Waals surface area contributed by atoms with Crippen LogP contribution >= 0.6 is 11.6 Å². The minimum absolute atomic E-state index is 0.240. The van der Waals surface area contributed by atoms with Gasteiger partial charge in [-0.3, -0.25) is 14.3 Å². The third-order valence-corrected chi connectivity index (χ3v) is 2.57. The van der Waals surface area contributed by atoms with E-state index in [4.69, 9.17) is 16.3 Å². The van der Waals surface area contributed by atoms with Crippen molar-refractivity contribution in [2.24, 2.45) is 0 Å². The van der Waals surface area contributed by atoms with Gasteiger partial charge in [0.05, 0.1) is 12.6 Å². The first-order chi connectivity index (χ1) is 7.11. The van der Waals surface area contributed by atoms with Crippen molar-refractivity contribution in [1.29, 1.82) is 0 Å². The lowest BCUT2D eigenvalue weighted by atomic mass is 10.2. The van der Waals surface area contributed by atoms with Gasteiger partial charge in [0, 0.05) is 6.61 Å². The standard InChI is InChI=1S/C8H8ClFN2O3/c9-6-5(10)7(13)12(8(14)11-6)4-1-2-15-3-4/h4H,1-3H2,(H,11,14). The third-order valence-electron chi connectivity index (χ3n) is 2.31. The highest BCUT2D eigenvalue weighted by Gasteiger charge is 2.23. The highest BCUT2D eigenvalue weighted by atomic mass is 35.5. The molecule has 0 aromatic carbocycles. The maximum absolute atomic E-state index is 13.1. The number of aromatic nitrogens is 2. The van der Waals surface area contributed by atoms with Crippen molar-refractivity contribution in [1.82, 2.24) is 9.55 Å². The fraction of sp³-hybridized carbons (Fsp3) is 0.500. The van der Waals surface area contributed by atoms with Crippen molar-refractivity contribution in [2.75, 3.05) is 13.2 Å². The summed E-state index contributed by atoms with van der Waals surface area (Å²) in [6, 6.07) is -0.409. The van der Waals surface area contributed by atoms with Crippen molar-refractivity contribution >= 4 is 11.6 Å². The van der Waals surface area contributed by atoms with Gasteiger partial charge < -0.3 is 4.74 Å². The molecule has 1 unspecified atom stereocenters. The van der Waals surface area contributed by atoms with E-state index in [9.17, 15) is 14.0 Å². The highest BCUT2D eigenvalue weighted by Crippen LogP contribution is 2.15. The number of halogens is 2. The van der Waals surface area contributed by atoms with Crippen LogP contribution in [0.1, 0.15) is 12.5 Å². The fourth-order valence-electron chi connectivity index (χ4n) is 1.56. The first-order valence-corrected chi connectivity index (χ1v) is 4.76. The van der Waals surface area contributed by atoms with E-state index in [1.54, 1.807) is 0 Å². The molecule has 0 saturated carbocycles. The van der Waals surface area contributed by atoms with Crippen LogP contribution in [0.3, 0.4) is 0 Å². The summed E-state index contributed by atoms with van der Waals surface area (Å²) in [6.45, 7) is 0.699. The third kappa shape index (κ3) is 1.70. The summed E-state index contributed by atoms with van der Waals surface area (Å²) in [6.07, 6.45) is 0.518. The van der Waals surface area contributed by atoms with Crippen LogP contribution in [0.15, 0.2) is 9.59 Å². The molecule has 1 N–H and O–H groups in total. The molecule has 2 heterocycles. The van der Waals surface area contributed by atoms with Crippen molar-refractivity contribution in [2.45, 2.75) is 12.5 Å². The van der Waals surface area contributed by atoms with E-state index in [1.807, 2.05) is 0 Å². The van der Waals surface area contributed by atoms with Gasteiger partial charge in [0.2, 0.25) is 5.82 Å². The minimum Gasteiger partial charge on any atom is -0.379 e. The summed E-state index contributed by atoms with van der Waals surface area (Å²) in [5, 5.41) is -0.555. The summed E-state index contributed by atoms with van der Waals surface area (Å²) in [4.78, 5) is 24.9. The molecule has 7 heteroatoms. The largest absolute Gasteiger partial charge is 0.379 e. The van der Waals surface area contributed by atoms with Crippen molar-refractivity contribution in [3.63, 3.8) is 0 Å². The fourth-order valence-corrected chi connectivity index (χ4v) is 1.72. The van der Waals surface area contributed by atoms with Crippen LogP contribution in [-0.4, -0.2) is 22.8 Å². The van der Waals surface area contributed by atoms with Crippen molar-refractivity contribution < 1.29 is 9.13 Å². The number of nitrogens with zero attached hydrogens (tertiary/aromatic N) is 1. The Morgan fingerprint density at radius 2 is 2.27 bits per heavy atom. The van der Waals surface area contributed by atoms with E-state index < -0.39 is 28.3 Å². The van der Waals surface area contributed by atoms with E-state index in [1.165, 1.54) is 0 Å². The Labute approximate surface area is 88.4 Å². The summed E-state index contributed by atoms with van der Waals surface area (Å²) in [7, 11) is 0. The number of hydrogen-bond acceptors (Lipinski definition) is 3. The molecule has 0 spiro atoms. The van der Waals surface area contributed by atoms with E-state index in [2.05, 4.69) is 4.98 Å². The number of ether oxygens (including phenoxy) is 1. The molecule has 0 radical (unpaired) electrons. The van der Waals surface area contributed by atoms with Gasteiger partial charge in [-0.1, -0.05) is 11.6 Å². The zero-order valence-electron chi connectivity index (χ0n) is 7.63. The average Bonchev–Trinajstić information content (AvgIpc) is 2.68. The molecule has 0 bridgehead atoms. The van der Waals surface area contributed by atoms with Gasteiger partial charge in [-0.25, -0.2) is 4.79 Å². The van der Waals surface area contributed by atoms with Crippen molar-refractivity contribution in [3.8, 4) is 0 Å². The van der Waals surface area contributed by atoms with Crippen LogP contribution in [0.4, 0.5) is 4.39 Å². The molecule has 1 aromatic heterocycles. The van der Waals surface area contributed by atoms with Crippen LogP contribution in [0.25, 0.3) is 0 Å². The molecule has 0 amide bonds. The zero-order valence-corrected chi connectivity index (χ0v) is 8.38. The molecule has 0 aliphatic carbocycles. The Kier molecular flexibility index (Phi) is 2.62. The number of aromatic amines is 1. The molecular formula is C8H8ClFN2O3. The van der Waals surface area contributed by atoms with Crippen LogP contribution in [0, 0.1) is 5.82 Å². The van der Waals surface area contributed by atoms with Crippen LogP contribution < -0.4 is 11.2 Å². The minimum atomic E-state index is -1.14. The van der Waals surface area contributed by atoms with Gasteiger partial charge in [0.15, 0.2) is 5.15 Å². The SMILES string of the molecule is O=c1[nH]c(Cl)c(F)c(=O)n1C1CCOC1. The molecule has 2 rings (SSSR count).